The standard InChI is InChI=1S/C26H48O5/c1-3-5-7-9-11-12-14-16-18-20-24(22-25(28)29)31-26(30)21-23(27)19-17-15-13-10-8-6-4-2/h21,24,27H,3-20,22H2,1-2H3,(H,28,29). The molecule has 0 aliphatic rings. The molecule has 2 N–H and O–H groups in total. The third kappa shape index (κ3) is 21.5. The van der Waals surface area contributed by atoms with Gasteiger partial charge in [-0.2, -0.15) is 0 Å². The molecule has 31 heavy (non-hydrogen) atoms. The molecule has 5 nitrogen and oxygen atoms in total. The van der Waals surface area contributed by atoms with Crippen LogP contribution in [-0.4, -0.2) is 28.3 Å². The van der Waals surface area contributed by atoms with Gasteiger partial charge in [0.2, 0.25) is 0 Å². The molecule has 1 unspecified atom stereocenters. The minimum atomic E-state index is -0.968. The Morgan fingerprint density at radius 3 is 1.65 bits per heavy atom. The number of rotatable bonds is 22. The quantitative estimate of drug-likeness (QED) is 0.0774. The van der Waals surface area contributed by atoms with Crippen LogP contribution in [-0.2, 0) is 14.3 Å². The highest BCUT2D eigenvalue weighted by Gasteiger charge is 2.17. The largest absolute Gasteiger partial charge is 0.512 e. The van der Waals surface area contributed by atoms with Gasteiger partial charge in [0, 0.05) is 6.42 Å². The third-order valence-electron chi connectivity index (χ3n) is 5.64. The number of carboxylic acids is 1. The fourth-order valence-corrected chi connectivity index (χ4v) is 3.75. The van der Waals surface area contributed by atoms with E-state index < -0.39 is 18.0 Å². The summed E-state index contributed by atoms with van der Waals surface area (Å²) in [5.74, 6) is -1.58. The van der Waals surface area contributed by atoms with Crippen molar-refractivity contribution in [3.05, 3.63) is 11.8 Å². The monoisotopic (exact) mass is 440 g/mol. The molecule has 0 rings (SSSR count). The Hall–Kier alpha value is -1.52. The number of hydrogen-bond acceptors (Lipinski definition) is 4. The first kappa shape index (κ1) is 29.5. The van der Waals surface area contributed by atoms with E-state index >= 15 is 0 Å². The maximum Gasteiger partial charge on any atom is 0.334 e. The summed E-state index contributed by atoms with van der Waals surface area (Å²) >= 11 is 0. The first-order valence-corrected chi connectivity index (χ1v) is 12.8. The van der Waals surface area contributed by atoms with Crippen molar-refractivity contribution in [1.29, 1.82) is 0 Å². The molecule has 0 aliphatic heterocycles. The van der Waals surface area contributed by atoms with Gasteiger partial charge < -0.3 is 14.9 Å². The van der Waals surface area contributed by atoms with Gasteiger partial charge in [-0.3, -0.25) is 4.79 Å². The number of unbranched alkanes of at least 4 members (excludes halogenated alkanes) is 14. The minimum Gasteiger partial charge on any atom is -0.512 e. The van der Waals surface area contributed by atoms with Gasteiger partial charge in [0.05, 0.1) is 18.3 Å². The lowest BCUT2D eigenvalue weighted by molar-refractivity contribution is -0.148. The lowest BCUT2D eigenvalue weighted by Gasteiger charge is -2.15. The number of carboxylic acid groups (broad SMARTS) is 1. The predicted octanol–water partition coefficient (Wildman–Crippen LogP) is 7.88. The van der Waals surface area contributed by atoms with Gasteiger partial charge in [-0.15, -0.1) is 0 Å². The summed E-state index contributed by atoms with van der Waals surface area (Å²) in [7, 11) is 0. The van der Waals surface area contributed by atoms with E-state index in [1.807, 2.05) is 0 Å². The maximum absolute atomic E-state index is 12.1. The van der Waals surface area contributed by atoms with Crippen molar-refractivity contribution in [2.24, 2.45) is 0 Å². The zero-order chi connectivity index (χ0) is 23.2. The number of aliphatic hydroxyl groups is 1. The van der Waals surface area contributed by atoms with E-state index in [0.717, 1.165) is 44.6 Å². The Labute approximate surface area is 190 Å². The average Bonchev–Trinajstić information content (AvgIpc) is 2.71. The number of esters is 1. The summed E-state index contributed by atoms with van der Waals surface area (Å²) in [6.07, 6.45) is 20.0. The van der Waals surface area contributed by atoms with E-state index in [-0.39, 0.29) is 12.2 Å². The highest BCUT2D eigenvalue weighted by molar-refractivity contribution is 5.82. The van der Waals surface area contributed by atoms with Crippen LogP contribution in [0.1, 0.15) is 136 Å². The number of aliphatic carboxylic acids is 1. The second-order valence-electron chi connectivity index (χ2n) is 8.78. The van der Waals surface area contributed by atoms with Gasteiger partial charge in [-0.25, -0.2) is 4.79 Å². The van der Waals surface area contributed by atoms with Crippen LogP contribution in [0.2, 0.25) is 0 Å². The zero-order valence-corrected chi connectivity index (χ0v) is 20.2. The molecule has 0 radical (unpaired) electrons. The summed E-state index contributed by atoms with van der Waals surface area (Å²) in [5.41, 5.74) is 0. The second kappa shape index (κ2) is 21.7. The molecule has 0 bridgehead atoms. The number of allylic oxidation sites excluding steroid dienone is 1. The van der Waals surface area contributed by atoms with Gasteiger partial charge >= 0.3 is 11.9 Å². The highest BCUT2D eigenvalue weighted by atomic mass is 16.5. The molecule has 0 fully saturated rings. The Morgan fingerprint density at radius 2 is 1.16 bits per heavy atom. The van der Waals surface area contributed by atoms with E-state index in [1.165, 1.54) is 64.2 Å². The molecule has 0 aromatic rings. The predicted molar refractivity (Wildman–Crippen MR) is 127 cm³/mol. The maximum atomic E-state index is 12.1. The third-order valence-corrected chi connectivity index (χ3v) is 5.64. The molecule has 0 aromatic heterocycles. The number of carbonyl (C=O) groups is 2. The van der Waals surface area contributed by atoms with E-state index in [2.05, 4.69) is 13.8 Å². The van der Waals surface area contributed by atoms with E-state index in [0.29, 0.717) is 12.8 Å². The van der Waals surface area contributed by atoms with Crippen LogP contribution in [0.15, 0.2) is 11.8 Å². The van der Waals surface area contributed by atoms with Crippen molar-refractivity contribution in [2.75, 3.05) is 0 Å². The minimum absolute atomic E-state index is 0.0238. The van der Waals surface area contributed by atoms with Crippen LogP contribution in [0.25, 0.3) is 0 Å². The summed E-state index contributed by atoms with van der Waals surface area (Å²) in [6.45, 7) is 4.41. The van der Waals surface area contributed by atoms with Crippen LogP contribution in [0.3, 0.4) is 0 Å². The van der Waals surface area contributed by atoms with Crippen molar-refractivity contribution in [3.8, 4) is 0 Å². The molecule has 0 saturated carbocycles. The average molecular weight is 441 g/mol. The summed E-state index contributed by atoms with van der Waals surface area (Å²) < 4.78 is 5.32. The molecule has 0 amide bonds. The van der Waals surface area contributed by atoms with E-state index in [4.69, 9.17) is 9.84 Å². The fraction of sp³-hybridized carbons (Fsp3) is 0.846. The van der Waals surface area contributed by atoms with Gasteiger partial charge in [0.25, 0.3) is 0 Å². The summed E-state index contributed by atoms with van der Waals surface area (Å²) in [4.78, 5) is 23.1. The molecule has 0 spiro atoms. The Kier molecular flexibility index (Phi) is 20.6. The molecule has 182 valence electrons. The molecule has 0 aliphatic carbocycles. The fourth-order valence-electron chi connectivity index (χ4n) is 3.75. The van der Waals surface area contributed by atoms with Crippen LogP contribution >= 0.6 is 0 Å². The molecule has 0 saturated heterocycles. The van der Waals surface area contributed by atoms with Gasteiger partial charge in [0.15, 0.2) is 0 Å². The Morgan fingerprint density at radius 1 is 0.710 bits per heavy atom. The highest BCUT2D eigenvalue weighted by Crippen LogP contribution is 2.15. The van der Waals surface area contributed by atoms with Crippen LogP contribution in [0, 0.1) is 0 Å². The summed E-state index contributed by atoms with van der Waals surface area (Å²) in [5, 5.41) is 19.0. The Balaban J connectivity index is 4.05. The van der Waals surface area contributed by atoms with Crippen molar-refractivity contribution in [2.45, 2.75) is 142 Å². The topological polar surface area (TPSA) is 83.8 Å². The zero-order valence-electron chi connectivity index (χ0n) is 20.2. The lowest BCUT2D eigenvalue weighted by atomic mass is 10.0. The first-order chi connectivity index (χ1) is 15.0. The first-order valence-electron chi connectivity index (χ1n) is 12.8. The number of aliphatic hydroxyl groups excluding tert-OH is 1. The van der Waals surface area contributed by atoms with Crippen LogP contribution < -0.4 is 0 Å². The SMILES string of the molecule is CCCCCCCCCCCC(CC(=O)O)OC(=O)C=C(O)CCCCCCCCC. The molecular weight excluding hydrogens is 392 g/mol. The van der Waals surface area contributed by atoms with Crippen molar-refractivity contribution in [3.63, 3.8) is 0 Å². The molecular formula is C26H48O5. The van der Waals surface area contributed by atoms with Crippen LogP contribution in [0.5, 0.6) is 0 Å². The Bertz CT molecular complexity index is 472. The van der Waals surface area contributed by atoms with Gasteiger partial charge in [-0.1, -0.05) is 104 Å². The smallest absolute Gasteiger partial charge is 0.334 e. The van der Waals surface area contributed by atoms with Crippen molar-refractivity contribution in [1.82, 2.24) is 0 Å². The number of hydrogen-bond donors (Lipinski definition) is 2. The van der Waals surface area contributed by atoms with Gasteiger partial charge in [0.1, 0.15) is 6.10 Å². The molecule has 0 heterocycles. The summed E-state index contributed by atoms with van der Waals surface area (Å²) in [6, 6.07) is 0. The molecule has 5 heteroatoms. The van der Waals surface area contributed by atoms with Crippen molar-refractivity contribution >= 4 is 11.9 Å². The van der Waals surface area contributed by atoms with E-state index in [9.17, 15) is 14.7 Å². The molecule has 0 aromatic carbocycles. The van der Waals surface area contributed by atoms with Crippen molar-refractivity contribution < 1.29 is 24.5 Å². The van der Waals surface area contributed by atoms with Crippen LogP contribution in [0.4, 0.5) is 0 Å². The second-order valence-corrected chi connectivity index (χ2v) is 8.78. The number of carbonyl (C=O) groups excluding carboxylic acids is 1. The van der Waals surface area contributed by atoms with Gasteiger partial charge in [-0.05, 0) is 19.3 Å². The lowest BCUT2D eigenvalue weighted by Crippen LogP contribution is -2.21. The van der Waals surface area contributed by atoms with E-state index in [1.54, 1.807) is 0 Å². The number of ether oxygens (including phenoxy) is 1. The molecule has 1 atom stereocenters. The normalized spacial score (nSPS) is 12.6.